The molecule has 0 bridgehead atoms. The number of carbonyl (C=O) groups excluding carboxylic acids is 1. The Morgan fingerprint density at radius 2 is 2.06 bits per heavy atom. The third-order valence-electron chi connectivity index (χ3n) is 2.47. The number of nitriles is 1. The fraction of sp³-hybridized carbons (Fsp3) is 0.385. The van der Waals surface area contributed by atoms with Crippen LogP contribution in [0.5, 0.6) is 0 Å². The molecule has 0 aromatic heterocycles. The minimum Gasteiger partial charge on any atom is -0.351 e. The van der Waals surface area contributed by atoms with Crippen LogP contribution in [0.3, 0.4) is 0 Å². The van der Waals surface area contributed by atoms with Crippen LogP contribution in [0.15, 0.2) is 24.3 Å². The van der Waals surface area contributed by atoms with Gasteiger partial charge in [-0.25, -0.2) is 0 Å². The molecule has 0 saturated carbocycles. The highest BCUT2D eigenvalue weighted by molar-refractivity contribution is 5.80. The molecule has 0 saturated heterocycles. The van der Waals surface area contributed by atoms with Crippen molar-refractivity contribution >= 4 is 5.91 Å². The zero-order chi connectivity index (χ0) is 12.0. The van der Waals surface area contributed by atoms with Crippen LogP contribution in [0.2, 0.25) is 0 Å². The number of nitrogens with zero attached hydrogens (tertiary/aromatic N) is 1. The SMILES string of the molecule is CCC(C#N)C(=O)NCc1ccc(C)cc1. The lowest BCUT2D eigenvalue weighted by atomic mass is 10.1. The Kier molecular flexibility index (Phi) is 4.53. The van der Waals surface area contributed by atoms with Crippen LogP contribution in [0.4, 0.5) is 0 Å². The Balaban J connectivity index is 2.49. The number of hydrogen-bond donors (Lipinski definition) is 1. The Morgan fingerprint density at radius 3 is 2.56 bits per heavy atom. The second-order valence-electron chi connectivity index (χ2n) is 3.79. The number of rotatable bonds is 4. The summed E-state index contributed by atoms with van der Waals surface area (Å²) in [5.41, 5.74) is 2.24. The van der Waals surface area contributed by atoms with E-state index in [0.717, 1.165) is 5.56 Å². The lowest BCUT2D eigenvalue weighted by molar-refractivity contribution is -0.123. The zero-order valence-corrected chi connectivity index (χ0v) is 9.66. The second-order valence-corrected chi connectivity index (χ2v) is 3.79. The molecule has 1 atom stereocenters. The van der Waals surface area contributed by atoms with Gasteiger partial charge in [0.2, 0.25) is 5.91 Å². The normalized spacial score (nSPS) is 11.6. The van der Waals surface area contributed by atoms with E-state index in [1.165, 1.54) is 5.56 Å². The Hall–Kier alpha value is -1.82. The van der Waals surface area contributed by atoms with Gasteiger partial charge in [-0.3, -0.25) is 4.79 Å². The van der Waals surface area contributed by atoms with Crippen molar-refractivity contribution in [3.8, 4) is 6.07 Å². The molecule has 0 spiro atoms. The molecule has 1 aromatic carbocycles. The van der Waals surface area contributed by atoms with Crippen molar-refractivity contribution in [2.24, 2.45) is 5.92 Å². The maximum Gasteiger partial charge on any atom is 0.237 e. The van der Waals surface area contributed by atoms with Gasteiger partial charge in [0.1, 0.15) is 5.92 Å². The Bertz CT molecular complexity index is 389. The van der Waals surface area contributed by atoms with Crippen LogP contribution in [0.25, 0.3) is 0 Å². The molecule has 0 aliphatic heterocycles. The summed E-state index contributed by atoms with van der Waals surface area (Å²) in [7, 11) is 0. The quantitative estimate of drug-likeness (QED) is 0.838. The molecule has 3 heteroatoms. The number of aryl methyl sites for hydroxylation is 1. The first-order valence-corrected chi connectivity index (χ1v) is 5.40. The van der Waals surface area contributed by atoms with Crippen molar-refractivity contribution < 1.29 is 4.79 Å². The Morgan fingerprint density at radius 1 is 1.44 bits per heavy atom. The van der Waals surface area contributed by atoms with Crippen LogP contribution in [0, 0.1) is 24.2 Å². The van der Waals surface area contributed by atoms with Gasteiger partial charge in [0.05, 0.1) is 6.07 Å². The summed E-state index contributed by atoms with van der Waals surface area (Å²) in [6.45, 7) is 4.34. The maximum absolute atomic E-state index is 11.5. The molecule has 0 aliphatic carbocycles. The highest BCUT2D eigenvalue weighted by Gasteiger charge is 2.14. The molecule has 1 N–H and O–H groups in total. The third kappa shape index (κ3) is 3.39. The molecule has 3 nitrogen and oxygen atoms in total. The lowest BCUT2D eigenvalue weighted by Crippen LogP contribution is -2.29. The summed E-state index contributed by atoms with van der Waals surface area (Å²) < 4.78 is 0. The van der Waals surface area contributed by atoms with Gasteiger partial charge in [-0.2, -0.15) is 5.26 Å². The van der Waals surface area contributed by atoms with Crippen molar-refractivity contribution in [1.29, 1.82) is 5.26 Å². The number of benzene rings is 1. The second kappa shape index (κ2) is 5.92. The molecule has 16 heavy (non-hydrogen) atoms. The van der Waals surface area contributed by atoms with E-state index in [0.29, 0.717) is 13.0 Å². The van der Waals surface area contributed by atoms with Crippen molar-refractivity contribution in [2.75, 3.05) is 0 Å². The van der Waals surface area contributed by atoms with Crippen LogP contribution < -0.4 is 5.32 Å². The molecule has 1 amide bonds. The molecule has 1 rings (SSSR count). The van der Waals surface area contributed by atoms with E-state index < -0.39 is 5.92 Å². The maximum atomic E-state index is 11.5. The molecule has 0 heterocycles. The Labute approximate surface area is 96.1 Å². The van der Waals surface area contributed by atoms with E-state index in [4.69, 9.17) is 5.26 Å². The predicted octanol–water partition coefficient (Wildman–Crippen LogP) is 2.16. The van der Waals surface area contributed by atoms with Crippen LogP contribution in [-0.2, 0) is 11.3 Å². The summed E-state index contributed by atoms with van der Waals surface area (Å²) >= 11 is 0. The molecular formula is C13H16N2O. The smallest absolute Gasteiger partial charge is 0.237 e. The van der Waals surface area contributed by atoms with Gasteiger partial charge in [0, 0.05) is 6.54 Å². The fourth-order valence-electron chi connectivity index (χ4n) is 1.35. The van der Waals surface area contributed by atoms with E-state index in [1.54, 1.807) is 0 Å². The molecule has 0 fully saturated rings. The summed E-state index contributed by atoms with van der Waals surface area (Å²) in [6.07, 6.45) is 0.552. The summed E-state index contributed by atoms with van der Waals surface area (Å²) in [5.74, 6) is -0.726. The number of amides is 1. The van der Waals surface area contributed by atoms with Gasteiger partial charge in [-0.15, -0.1) is 0 Å². The van der Waals surface area contributed by atoms with Crippen LogP contribution in [-0.4, -0.2) is 5.91 Å². The van der Waals surface area contributed by atoms with Gasteiger partial charge >= 0.3 is 0 Å². The predicted molar refractivity (Wildman–Crippen MR) is 62.4 cm³/mol. The highest BCUT2D eigenvalue weighted by Crippen LogP contribution is 2.04. The first-order valence-electron chi connectivity index (χ1n) is 5.40. The highest BCUT2D eigenvalue weighted by atomic mass is 16.1. The summed E-state index contributed by atoms with van der Waals surface area (Å²) in [6, 6.07) is 9.94. The largest absolute Gasteiger partial charge is 0.351 e. The van der Waals surface area contributed by atoms with E-state index in [1.807, 2.05) is 44.2 Å². The molecule has 0 radical (unpaired) electrons. The number of hydrogen-bond acceptors (Lipinski definition) is 2. The van der Waals surface area contributed by atoms with Gasteiger partial charge in [0.15, 0.2) is 0 Å². The van der Waals surface area contributed by atoms with Crippen molar-refractivity contribution in [3.05, 3.63) is 35.4 Å². The average Bonchev–Trinajstić information content (AvgIpc) is 2.30. The van der Waals surface area contributed by atoms with Crippen molar-refractivity contribution in [3.63, 3.8) is 0 Å². The minimum atomic E-state index is -0.537. The van der Waals surface area contributed by atoms with Crippen LogP contribution >= 0.6 is 0 Å². The molecule has 1 aromatic rings. The van der Waals surface area contributed by atoms with E-state index in [-0.39, 0.29) is 5.91 Å². The topological polar surface area (TPSA) is 52.9 Å². The lowest BCUT2D eigenvalue weighted by Gasteiger charge is -2.08. The zero-order valence-electron chi connectivity index (χ0n) is 9.66. The van der Waals surface area contributed by atoms with Gasteiger partial charge in [-0.05, 0) is 18.9 Å². The fourth-order valence-corrected chi connectivity index (χ4v) is 1.35. The van der Waals surface area contributed by atoms with Gasteiger partial charge in [0.25, 0.3) is 0 Å². The molecular weight excluding hydrogens is 200 g/mol. The van der Waals surface area contributed by atoms with E-state index >= 15 is 0 Å². The van der Waals surface area contributed by atoms with Gasteiger partial charge < -0.3 is 5.32 Å². The minimum absolute atomic E-state index is 0.189. The van der Waals surface area contributed by atoms with Crippen molar-refractivity contribution in [1.82, 2.24) is 5.32 Å². The molecule has 1 unspecified atom stereocenters. The monoisotopic (exact) mass is 216 g/mol. The standard InChI is InChI=1S/C13H16N2O/c1-3-12(8-14)13(16)15-9-11-6-4-10(2)5-7-11/h4-7,12H,3,9H2,1-2H3,(H,15,16). The summed E-state index contributed by atoms with van der Waals surface area (Å²) in [4.78, 5) is 11.5. The number of nitrogens with one attached hydrogen (secondary N) is 1. The first kappa shape index (κ1) is 12.3. The summed E-state index contributed by atoms with van der Waals surface area (Å²) in [5, 5.41) is 11.5. The van der Waals surface area contributed by atoms with E-state index in [2.05, 4.69) is 5.32 Å². The molecule has 0 aliphatic rings. The third-order valence-corrected chi connectivity index (χ3v) is 2.47. The van der Waals surface area contributed by atoms with Crippen molar-refractivity contribution in [2.45, 2.75) is 26.8 Å². The molecule has 84 valence electrons. The van der Waals surface area contributed by atoms with E-state index in [9.17, 15) is 4.79 Å². The van der Waals surface area contributed by atoms with Gasteiger partial charge in [-0.1, -0.05) is 36.8 Å². The average molecular weight is 216 g/mol. The first-order chi connectivity index (χ1) is 7.67. The number of carbonyl (C=O) groups is 1. The van der Waals surface area contributed by atoms with Crippen LogP contribution in [0.1, 0.15) is 24.5 Å².